The van der Waals surface area contributed by atoms with Crippen LogP contribution in [-0.4, -0.2) is 113 Å². The summed E-state index contributed by atoms with van der Waals surface area (Å²) in [5.74, 6) is -3.77. The highest BCUT2D eigenvalue weighted by Gasteiger charge is 2.39. The smallest absolute Gasteiger partial charge is 0.408 e. The van der Waals surface area contributed by atoms with Crippen LogP contribution in [-0.2, 0) is 74.6 Å². The molecule has 0 bridgehead atoms. The first kappa shape index (κ1) is 55.6. The maximum Gasteiger partial charge on any atom is 0.408 e. The average Bonchev–Trinajstić information content (AvgIpc) is 4.01. The van der Waals surface area contributed by atoms with Crippen LogP contribution in [0.1, 0.15) is 82.7 Å². The number of alkyl carbamates (subject to hydrolysis) is 1. The fourth-order valence-corrected chi connectivity index (χ4v) is 8.35. The number of nitrogens with one attached hydrogen (secondary N) is 5. The predicted molar refractivity (Wildman–Crippen MR) is 266 cm³/mol. The van der Waals surface area contributed by atoms with Crippen molar-refractivity contribution in [3.05, 3.63) is 120 Å². The lowest BCUT2D eigenvalue weighted by atomic mass is 10.1. The Labute approximate surface area is 420 Å². The Morgan fingerprint density at radius 2 is 1.49 bits per heavy atom. The molecule has 0 spiro atoms. The van der Waals surface area contributed by atoms with Gasteiger partial charge < -0.3 is 50.7 Å². The van der Waals surface area contributed by atoms with Gasteiger partial charge >= 0.3 is 12.1 Å². The van der Waals surface area contributed by atoms with E-state index in [4.69, 9.17) is 19.9 Å². The minimum atomic E-state index is -4.01. The van der Waals surface area contributed by atoms with E-state index in [1.54, 1.807) is 67.9 Å². The SMILES string of the molecule is Cc1ccc(S(=O)(=O)NC(N)=NCCC[C@@H](NC(=O)OC(C)(C)C)C(=O)N2CCC[C@H]2C(=O)N[C@H](C)C(=O)N[C@@H](Cc2cn(COCc3ccccc3)cn2)C(=O)N[C@H](C)C(=O)OCc2ccccc2)cc1. The fourth-order valence-electron chi connectivity index (χ4n) is 7.39. The van der Waals surface area contributed by atoms with E-state index in [1.807, 2.05) is 43.3 Å². The molecule has 7 N–H and O–H groups in total. The Bertz CT molecular complexity index is 2610. The van der Waals surface area contributed by atoms with Crippen molar-refractivity contribution in [2.24, 2.45) is 10.7 Å². The number of guanidine groups is 1. The highest BCUT2D eigenvalue weighted by atomic mass is 32.2. The second-order valence-electron chi connectivity index (χ2n) is 18.4. The van der Waals surface area contributed by atoms with Crippen LogP contribution in [0, 0.1) is 6.92 Å². The number of sulfonamides is 1. The van der Waals surface area contributed by atoms with E-state index in [1.165, 1.54) is 37.2 Å². The number of benzene rings is 3. The molecule has 21 nitrogen and oxygen atoms in total. The van der Waals surface area contributed by atoms with E-state index >= 15 is 0 Å². The number of carbonyl (C=O) groups excluding carboxylic acids is 6. The predicted octanol–water partition coefficient (Wildman–Crippen LogP) is 3.10. The number of esters is 1. The van der Waals surface area contributed by atoms with Crippen molar-refractivity contribution in [1.29, 1.82) is 0 Å². The van der Waals surface area contributed by atoms with E-state index < -0.39 is 81.5 Å². The highest BCUT2D eigenvalue weighted by Crippen LogP contribution is 2.21. The van der Waals surface area contributed by atoms with Crippen molar-refractivity contribution in [3.8, 4) is 0 Å². The van der Waals surface area contributed by atoms with Crippen molar-refractivity contribution in [2.45, 2.75) is 134 Å². The summed E-state index contributed by atoms with van der Waals surface area (Å²) < 4.78 is 46.1. The van der Waals surface area contributed by atoms with Gasteiger partial charge in [-0.25, -0.2) is 27.7 Å². The molecule has 0 radical (unpaired) electrons. The molecule has 1 aromatic heterocycles. The minimum Gasteiger partial charge on any atom is -0.459 e. The number of amides is 5. The van der Waals surface area contributed by atoms with Crippen LogP contribution in [0.5, 0.6) is 0 Å². The first-order valence-electron chi connectivity index (χ1n) is 23.6. The molecule has 0 aliphatic carbocycles. The van der Waals surface area contributed by atoms with Crippen LogP contribution < -0.4 is 31.7 Å². The van der Waals surface area contributed by atoms with Crippen LogP contribution >= 0.6 is 0 Å². The molecular weight excluding hydrogens is 949 g/mol. The summed E-state index contributed by atoms with van der Waals surface area (Å²) in [6.07, 6.45) is 3.06. The summed E-state index contributed by atoms with van der Waals surface area (Å²) in [4.78, 5) is 91.5. The van der Waals surface area contributed by atoms with Crippen molar-refractivity contribution in [2.75, 3.05) is 13.1 Å². The molecule has 22 heteroatoms. The lowest BCUT2D eigenvalue weighted by molar-refractivity contribution is -0.148. The Morgan fingerprint density at radius 3 is 2.14 bits per heavy atom. The molecule has 0 unspecified atom stereocenters. The quantitative estimate of drug-likeness (QED) is 0.0270. The summed E-state index contributed by atoms with van der Waals surface area (Å²) >= 11 is 0. The maximum atomic E-state index is 14.2. The second kappa shape index (κ2) is 26.2. The number of rotatable bonds is 23. The van der Waals surface area contributed by atoms with Crippen molar-refractivity contribution in [3.63, 3.8) is 0 Å². The van der Waals surface area contributed by atoms with Crippen molar-refractivity contribution < 1.29 is 51.4 Å². The molecule has 0 saturated carbocycles. The molecule has 1 fully saturated rings. The summed E-state index contributed by atoms with van der Waals surface area (Å²) in [5.41, 5.74) is 8.03. The molecule has 1 saturated heterocycles. The lowest BCUT2D eigenvalue weighted by Crippen LogP contribution is -2.58. The number of carbonyl (C=O) groups is 6. The molecule has 72 heavy (non-hydrogen) atoms. The number of aliphatic imine (C=N–C) groups is 1. The summed E-state index contributed by atoms with van der Waals surface area (Å²) in [6, 6.07) is 19.0. The minimum absolute atomic E-state index is 0.00371. The molecular formula is C50H66N10O11S. The fraction of sp³-hybridized carbons (Fsp3) is 0.440. The number of likely N-dealkylation sites (tertiary alicyclic amines) is 1. The van der Waals surface area contributed by atoms with Gasteiger partial charge in [-0.2, -0.15) is 0 Å². The van der Waals surface area contributed by atoms with Gasteiger partial charge in [0.25, 0.3) is 10.0 Å². The molecule has 5 amide bonds. The third kappa shape index (κ3) is 17.8. The highest BCUT2D eigenvalue weighted by molar-refractivity contribution is 7.90. The zero-order chi connectivity index (χ0) is 52.4. The number of aromatic nitrogens is 2. The van der Waals surface area contributed by atoms with E-state index in [0.717, 1.165) is 16.7 Å². The Kier molecular flexibility index (Phi) is 20.2. The zero-order valence-corrected chi connectivity index (χ0v) is 42.3. The molecule has 2 heterocycles. The van der Waals surface area contributed by atoms with Gasteiger partial charge in [-0.1, -0.05) is 78.4 Å². The number of nitrogens with two attached hydrogens (primary N) is 1. The first-order chi connectivity index (χ1) is 34.2. The molecule has 3 aromatic carbocycles. The van der Waals surface area contributed by atoms with Gasteiger partial charge in [0, 0.05) is 25.7 Å². The molecule has 388 valence electrons. The lowest BCUT2D eigenvalue weighted by Gasteiger charge is -2.30. The van der Waals surface area contributed by atoms with Gasteiger partial charge in [0.1, 0.15) is 49.1 Å². The van der Waals surface area contributed by atoms with Crippen molar-refractivity contribution >= 4 is 51.7 Å². The Balaban J connectivity index is 1.22. The standard InChI is InChI=1S/C50H66N10O11S/c1-33-21-23-39(24-22-33)72(67,68)58-48(51)52-25-13-19-40(57-49(66)71-50(4,5)6)46(64)60-26-14-20-42(60)45(63)54-34(2)43(61)56-41(44(62)55-35(3)47(65)70-30-37-17-11-8-12-18-37)27-38-28-59(31-53-38)32-69-29-36-15-9-7-10-16-36/h7-12,15-18,21-24,28,31,34-35,40-42H,13-14,19-20,25-27,29-30,32H2,1-6H3,(H,54,63)(H,55,62)(H,56,61)(H,57,66)(H3,51,52,58)/t34-,35-,40-,41+,42+/m1/s1. The van der Waals surface area contributed by atoms with E-state index in [9.17, 15) is 37.2 Å². The maximum absolute atomic E-state index is 14.2. The van der Waals surface area contributed by atoms with E-state index in [-0.39, 0.29) is 63.0 Å². The summed E-state index contributed by atoms with van der Waals surface area (Å²) in [7, 11) is -4.01. The molecule has 5 rings (SSSR count). The van der Waals surface area contributed by atoms with Gasteiger partial charge in [-0.05, 0) is 90.5 Å². The number of hydrogen-bond acceptors (Lipinski definition) is 13. The Morgan fingerprint density at radius 1 is 0.833 bits per heavy atom. The molecule has 1 aliphatic rings. The number of hydrogen-bond donors (Lipinski definition) is 6. The zero-order valence-electron chi connectivity index (χ0n) is 41.5. The van der Waals surface area contributed by atoms with Gasteiger partial charge in [0.2, 0.25) is 29.6 Å². The number of aryl methyl sites for hydroxylation is 1. The summed E-state index contributed by atoms with van der Waals surface area (Å²) in [5, 5.41) is 10.6. The van der Waals surface area contributed by atoms with Gasteiger partial charge in [-0.3, -0.25) is 24.2 Å². The van der Waals surface area contributed by atoms with Crippen LogP contribution in [0.15, 0.2) is 107 Å². The van der Waals surface area contributed by atoms with Crippen LogP contribution in [0.3, 0.4) is 0 Å². The molecule has 4 aromatic rings. The Hall–Kier alpha value is -7.33. The van der Waals surface area contributed by atoms with Gasteiger partial charge in [0.15, 0.2) is 0 Å². The average molecular weight is 1020 g/mol. The third-order valence-corrected chi connectivity index (χ3v) is 12.5. The first-order valence-corrected chi connectivity index (χ1v) is 25.1. The number of imidazole rings is 1. The second-order valence-corrected chi connectivity index (χ2v) is 20.1. The summed E-state index contributed by atoms with van der Waals surface area (Å²) in [6.45, 7) is 10.3. The van der Waals surface area contributed by atoms with Crippen LogP contribution in [0.2, 0.25) is 0 Å². The topological polar surface area (TPSA) is 284 Å². The van der Waals surface area contributed by atoms with Crippen LogP contribution in [0.25, 0.3) is 0 Å². The monoisotopic (exact) mass is 1010 g/mol. The van der Waals surface area contributed by atoms with E-state index in [0.29, 0.717) is 18.7 Å². The van der Waals surface area contributed by atoms with E-state index in [2.05, 4.69) is 36.0 Å². The number of ether oxygens (including phenoxy) is 3. The largest absolute Gasteiger partial charge is 0.459 e. The molecule has 5 atom stereocenters. The van der Waals surface area contributed by atoms with Gasteiger partial charge in [0.05, 0.1) is 23.5 Å². The van der Waals surface area contributed by atoms with Gasteiger partial charge in [-0.15, -0.1) is 0 Å². The number of nitrogens with zero attached hydrogens (tertiary/aromatic N) is 4. The normalized spacial score (nSPS) is 15.6. The molecule has 1 aliphatic heterocycles. The van der Waals surface area contributed by atoms with Crippen LogP contribution in [0.4, 0.5) is 4.79 Å². The third-order valence-electron chi connectivity index (χ3n) is 11.1. The van der Waals surface area contributed by atoms with Crippen molar-refractivity contribution in [1.82, 2.24) is 40.4 Å².